The zero-order chi connectivity index (χ0) is 46.7. The highest BCUT2D eigenvalue weighted by Crippen LogP contribution is 2.50. The van der Waals surface area contributed by atoms with Gasteiger partial charge in [-0.15, -0.1) is 0 Å². The van der Waals surface area contributed by atoms with Gasteiger partial charge in [-0.25, -0.2) is 9.59 Å². The van der Waals surface area contributed by atoms with Crippen molar-refractivity contribution in [3.63, 3.8) is 0 Å². The number of carbonyl (C=O) groups excluding carboxylic acids is 3. The number of nitrogens with zero attached hydrogens (tertiary/aromatic N) is 2. The summed E-state index contributed by atoms with van der Waals surface area (Å²) in [5, 5.41) is 13.7. The second-order valence-electron chi connectivity index (χ2n) is 20.0. The topological polar surface area (TPSA) is 123 Å². The number of benzene rings is 3. The molecule has 3 aromatic carbocycles. The Hall–Kier alpha value is -4.33. The molecule has 2 aliphatic rings. The van der Waals surface area contributed by atoms with Crippen LogP contribution in [-0.4, -0.2) is 98.2 Å². The minimum absolute atomic E-state index is 0.0427. The van der Waals surface area contributed by atoms with Crippen molar-refractivity contribution in [3.05, 3.63) is 115 Å². The molecule has 13 heteroatoms. The highest BCUT2D eigenvalue weighted by Gasteiger charge is 2.57. The third-order valence-corrected chi connectivity index (χ3v) is 27.0. The van der Waals surface area contributed by atoms with Gasteiger partial charge in [-0.1, -0.05) is 151 Å². The van der Waals surface area contributed by atoms with E-state index in [9.17, 15) is 19.5 Å². The van der Waals surface area contributed by atoms with E-state index in [1.807, 2.05) is 97.9 Å². The van der Waals surface area contributed by atoms with Crippen LogP contribution in [0, 0.1) is 5.92 Å². The van der Waals surface area contributed by atoms with Gasteiger partial charge in [0.05, 0.1) is 30.2 Å². The predicted octanol–water partition coefficient (Wildman–Crippen LogP) is 9.13. The number of likely N-dealkylation sites (tertiary alicyclic amines) is 2. The number of aliphatic carboxylic acids is 1. The van der Waals surface area contributed by atoms with Gasteiger partial charge in [-0.2, -0.15) is 0 Å². The van der Waals surface area contributed by atoms with E-state index in [1.165, 1.54) is 11.0 Å². The molecule has 2 aliphatic heterocycles. The lowest BCUT2D eigenvalue weighted by atomic mass is 9.79. The molecule has 2 fully saturated rings. The highest BCUT2D eigenvalue weighted by atomic mass is 31.2. The maximum Gasteiger partial charge on any atom is 0.410 e. The molecule has 0 saturated carbocycles. The molecule has 0 aromatic heterocycles. The summed E-state index contributed by atoms with van der Waals surface area (Å²) in [7, 11) is -4.65. The normalized spacial score (nSPS) is 20.5. The summed E-state index contributed by atoms with van der Waals surface area (Å²) in [6.45, 7) is 25.8. The largest absolute Gasteiger partial charge is 0.477 e. The molecule has 2 amide bonds. The lowest BCUT2D eigenvalue weighted by molar-refractivity contribution is -0.157. The molecule has 5 atom stereocenters. The van der Waals surface area contributed by atoms with Crippen molar-refractivity contribution in [1.82, 2.24) is 9.80 Å². The standard InChI is InChI=1S/C50H69N2O8PSi2/c1-14-30-58-48(57)51-34-38(60-63(12,13)50(7,8)9)32-37(51)31-35(2)43(53)33-42-44(36(3)59-62(10,11)49(4,5)6)45(54)52(42)46(47(55)56)61(39-24-18-15-19-25-39,40-26-20-16-21-27-40)41-28-22-17-23-29-41/h14-29,31,36-38,42,44H,1,30,32-34H2,2-13H3,(H,55,56)/t36-,37-,38-,42-,44-/m1/s1. The van der Waals surface area contributed by atoms with Gasteiger partial charge in [0.2, 0.25) is 5.91 Å². The van der Waals surface area contributed by atoms with E-state index in [2.05, 4.69) is 74.3 Å². The smallest absolute Gasteiger partial charge is 0.410 e. The van der Waals surface area contributed by atoms with E-state index < -0.39 is 59.7 Å². The number of hydrogen-bond donors (Lipinski definition) is 1. The molecule has 63 heavy (non-hydrogen) atoms. The summed E-state index contributed by atoms with van der Waals surface area (Å²) in [5.41, 5.74) is 0.349. The van der Waals surface area contributed by atoms with Gasteiger partial charge < -0.3 is 23.6 Å². The Balaban J connectivity index is 1.67. The van der Waals surface area contributed by atoms with Crippen LogP contribution >= 0.6 is 6.89 Å². The Bertz CT molecular complexity index is 2130. The molecule has 340 valence electrons. The summed E-state index contributed by atoms with van der Waals surface area (Å²) in [6, 6.07) is 27.3. The molecule has 0 bridgehead atoms. The van der Waals surface area contributed by atoms with Crippen LogP contribution in [0.4, 0.5) is 4.79 Å². The Morgan fingerprint density at radius 2 is 1.32 bits per heavy atom. The first kappa shape index (κ1) is 49.7. The number of carbonyl (C=O) groups is 4. The van der Waals surface area contributed by atoms with E-state index >= 15 is 4.79 Å². The molecule has 2 heterocycles. The lowest BCUT2D eigenvalue weighted by Gasteiger charge is -2.52. The molecule has 0 spiro atoms. The van der Waals surface area contributed by atoms with Crippen molar-refractivity contribution in [2.24, 2.45) is 5.92 Å². The minimum Gasteiger partial charge on any atom is -0.477 e. The van der Waals surface area contributed by atoms with Gasteiger partial charge in [0.1, 0.15) is 12.0 Å². The van der Waals surface area contributed by atoms with Crippen LogP contribution in [0.5, 0.6) is 0 Å². The molecule has 0 aliphatic carbocycles. The highest BCUT2D eigenvalue weighted by molar-refractivity contribution is 7.96. The SMILES string of the molecule is C=CCOC(=O)N1C[C@H](O[Si](C)(C)C(C)(C)C)C[C@H]1C=C(C)C(=O)C[C@@H]1[C@@H]([C@@H](C)O[Si](C)(C)C(C)(C)C)C(=O)N1C(C(=O)O)=P(c1ccccc1)(c1ccccc1)c1ccccc1. The van der Waals surface area contributed by atoms with Gasteiger partial charge in [0, 0.05) is 19.9 Å². The Morgan fingerprint density at radius 3 is 1.75 bits per heavy atom. The van der Waals surface area contributed by atoms with E-state index in [-0.39, 0.29) is 46.3 Å². The van der Waals surface area contributed by atoms with Crippen LogP contribution in [0.3, 0.4) is 0 Å². The number of ketones is 1. The first-order chi connectivity index (χ1) is 29.4. The predicted molar refractivity (Wildman–Crippen MR) is 262 cm³/mol. The molecule has 2 saturated heterocycles. The number of β-lactam (4-membered cyclic amide) rings is 1. The van der Waals surface area contributed by atoms with E-state index in [1.54, 1.807) is 17.9 Å². The summed E-state index contributed by atoms with van der Waals surface area (Å²) in [4.78, 5) is 60.6. The minimum atomic E-state index is -3.31. The third kappa shape index (κ3) is 10.3. The van der Waals surface area contributed by atoms with Crippen molar-refractivity contribution >= 4 is 68.6 Å². The quantitative estimate of drug-likeness (QED) is 0.0497. The van der Waals surface area contributed by atoms with Crippen LogP contribution < -0.4 is 15.9 Å². The van der Waals surface area contributed by atoms with E-state index in [0.717, 1.165) is 15.9 Å². The van der Waals surface area contributed by atoms with Gasteiger partial charge in [0.25, 0.3) is 0 Å². The number of carboxylic acids is 1. The maximum atomic E-state index is 15.1. The van der Waals surface area contributed by atoms with Crippen molar-refractivity contribution in [2.75, 3.05) is 13.2 Å². The number of amides is 2. The van der Waals surface area contributed by atoms with E-state index in [0.29, 0.717) is 18.5 Å². The molecule has 1 N–H and O–H groups in total. The molecular formula is C50H69N2O8PSi2. The molecule has 0 unspecified atom stereocenters. The summed E-state index contributed by atoms with van der Waals surface area (Å²) >= 11 is 0. The third-order valence-electron chi connectivity index (χ3n) is 13.6. The molecule has 10 nitrogen and oxygen atoms in total. The van der Waals surface area contributed by atoms with Crippen molar-refractivity contribution < 1.29 is 37.9 Å². The number of allylic oxidation sites excluding steroid dienone is 1. The maximum absolute atomic E-state index is 15.1. The van der Waals surface area contributed by atoms with Crippen LogP contribution in [0.2, 0.25) is 36.3 Å². The second-order valence-corrected chi connectivity index (χ2v) is 32.8. The van der Waals surface area contributed by atoms with Gasteiger partial charge in [0.15, 0.2) is 22.4 Å². The number of Topliss-reactive ketones (excluding diaryl/α,β-unsaturated/α-hetero) is 1. The second kappa shape index (κ2) is 19.4. The average molecular weight is 913 g/mol. The van der Waals surface area contributed by atoms with Gasteiger partial charge in [-0.05, 0) is 78.0 Å². The Kier molecular flexibility index (Phi) is 15.3. The van der Waals surface area contributed by atoms with Crippen LogP contribution in [-0.2, 0) is 28.0 Å². The average Bonchev–Trinajstić information content (AvgIpc) is 3.60. The van der Waals surface area contributed by atoms with Crippen molar-refractivity contribution in [2.45, 2.75) is 129 Å². The number of hydrogen-bond acceptors (Lipinski definition) is 7. The van der Waals surface area contributed by atoms with Gasteiger partial charge in [-0.3, -0.25) is 14.5 Å². The number of rotatable bonds is 16. The monoisotopic (exact) mass is 912 g/mol. The zero-order valence-electron chi connectivity index (χ0n) is 39.4. The van der Waals surface area contributed by atoms with Crippen LogP contribution in [0.15, 0.2) is 115 Å². The first-order valence-corrected chi connectivity index (χ1v) is 29.6. The summed E-state index contributed by atoms with van der Waals surface area (Å²) in [6.07, 6.45) is 2.25. The zero-order valence-corrected chi connectivity index (χ0v) is 42.3. The van der Waals surface area contributed by atoms with Crippen LogP contribution in [0.1, 0.15) is 68.2 Å². The molecule has 3 aromatic rings. The summed E-state index contributed by atoms with van der Waals surface area (Å²) < 4.78 is 19.2. The van der Waals surface area contributed by atoms with Gasteiger partial charge >= 0.3 is 12.1 Å². The molecule has 5 rings (SSSR count). The lowest BCUT2D eigenvalue weighted by Crippen LogP contribution is -2.69. The van der Waals surface area contributed by atoms with Crippen LogP contribution in [0.25, 0.3) is 0 Å². The first-order valence-electron chi connectivity index (χ1n) is 22.0. The Labute approximate surface area is 377 Å². The fourth-order valence-corrected chi connectivity index (χ4v) is 15.4. The molecular weight excluding hydrogens is 844 g/mol. The van der Waals surface area contributed by atoms with Crippen molar-refractivity contribution in [3.8, 4) is 0 Å². The summed E-state index contributed by atoms with van der Waals surface area (Å²) in [5.74, 6) is -2.68. The number of carboxylic acid groups (broad SMARTS) is 1. The fourth-order valence-electron chi connectivity index (χ4n) is 8.27. The Morgan fingerprint density at radius 1 is 0.841 bits per heavy atom. The van der Waals surface area contributed by atoms with Crippen molar-refractivity contribution in [1.29, 1.82) is 0 Å². The number of ether oxygens (including phenoxy) is 1. The fraction of sp³-hybridized carbons (Fsp3) is 0.460. The van der Waals surface area contributed by atoms with E-state index in [4.69, 9.17) is 13.6 Å². The molecule has 0 radical (unpaired) electrons.